The van der Waals surface area contributed by atoms with Gasteiger partial charge in [0.15, 0.2) is 4.80 Å². The van der Waals surface area contributed by atoms with Crippen molar-refractivity contribution in [3.8, 4) is 5.75 Å². The highest BCUT2D eigenvalue weighted by molar-refractivity contribution is 7.10. The Morgan fingerprint density at radius 3 is 2.43 bits per heavy atom. The monoisotopic (exact) mass is 687 g/mol. The van der Waals surface area contributed by atoms with Crippen LogP contribution in [0.4, 0.5) is 0 Å². The van der Waals surface area contributed by atoms with Gasteiger partial charge < -0.3 is 14.0 Å². The average molecular weight is 688 g/mol. The molecule has 3 aromatic carbocycles. The molecule has 0 fully saturated rings. The third-order valence-corrected chi connectivity index (χ3v) is 10.5. The number of esters is 1. The number of hydrogen-bond donors (Lipinski definition) is 0. The quantitative estimate of drug-likeness (QED) is 0.149. The van der Waals surface area contributed by atoms with E-state index in [9.17, 15) is 9.59 Å². The van der Waals surface area contributed by atoms with Crippen LogP contribution in [0.25, 0.3) is 22.7 Å². The number of thiazole rings is 1. The van der Waals surface area contributed by atoms with Crippen LogP contribution in [0.5, 0.6) is 5.75 Å². The third-order valence-electron chi connectivity index (χ3n) is 8.61. The fraction of sp³-hybridized carbons (Fsp3) is 0.225. The Bertz CT molecular complexity index is 2340. The fourth-order valence-electron chi connectivity index (χ4n) is 6.19. The van der Waals surface area contributed by atoms with Gasteiger partial charge >= 0.3 is 5.97 Å². The SMILES string of the molecule is CCOC(=O)C1=C(c2ccccc2)N=c2s/c(=C\c3cn(CCOc4ccc(C(C)(C)C)cc4)c4ccccc34)c(=O)n2[C@H]1c1cccs1. The van der Waals surface area contributed by atoms with Gasteiger partial charge in [-0.25, -0.2) is 9.79 Å². The molecule has 3 aromatic heterocycles. The Morgan fingerprint density at radius 2 is 1.71 bits per heavy atom. The highest BCUT2D eigenvalue weighted by atomic mass is 32.1. The fourth-order valence-corrected chi connectivity index (χ4v) is 8.00. The molecule has 248 valence electrons. The van der Waals surface area contributed by atoms with E-state index in [0.717, 1.165) is 32.7 Å². The van der Waals surface area contributed by atoms with Gasteiger partial charge in [0.05, 0.1) is 29.0 Å². The molecule has 0 aliphatic carbocycles. The summed E-state index contributed by atoms with van der Waals surface area (Å²) in [4.78, 5) is 34.3. The summed E-state index contributed by atoms with van der Waals surface area (Å²) in [6.07, 6.45) is 4.02. The molecule has 0 unspecified atom stereocenters. The van der Waals surface area contributed by atoms with Crippen molar-refractivity contribution < 1.29 is 14.3 Å². The van der Waals surface area contributed by atoms with E-state index in [4.69, 9.17) is 14.5 Å². The second-order valence-electron chi connectivity index (χ2n) is 12.9. The summed E-state index contributed by atoms with van der Waals surface area (Å²) >= 11 is 2.83. The maximum Gasteiger partial charge on any atom is 0.338 e. The zero-order chi connectivity index (χ0) is 34.1. The number of para-hydroxylation sites is 1. The van der Waals surface area contributed by atoms with E-state index in [1.807, 2.05) is 78.2 Å². The van der Waals surface area contributed by atoms with Gasteiger partial charge in [-0.3, -0.25) is 9.36 Å². The molecular formula is C40H37N3O4S2. The summed E-state index contributed by atoms with van der Waals surface area (Å²) < 4.78 is 16.1. The molecule has 0 amide bonds. The van der Waals surface area contributed by atoms with Crippen LogP contribution in [0.1, 0.15) is 55.3 Å². The topological polar surface area (TPSA) is 74.8 Å². The maximum atomic E-state index is 14.3. The van der Waals surface area contributed by atoms with Crippen LogP contribution in [0.2, 0.25) is 0 Å². The number of ether oxygens (including phenoxy) is 2. The van der Waals surface area contributed by atoms with E-state index in [0.29, 0.717) is 33.8 Å². The van der Waals surface area contributed by atoms with E-state index >= 15 is 0 Å². The molecule has 1 aliphatic heterocycles. The summed E-state index contributed by atoms with van der Waals surface area (Å²) in [6, 6.07) is 29.3. The Hall–Kier alpha value is -4.99. The second kappa shape index (κ2) is 13.5. The lowest BCUT2D eigenvalue weighted by molar-refractivity contribution is -0.138. The number of rotatable bonds is 9. The van der Waals surface area contributed by atoms with Crippen LogP contribution in [-0.2, 0) is 21.5 Å². The summed E-state index contributed by atoms with van der Waals surface area (Å²) in [5.74, 6) is 0.358. The molecule has 0 radical (unpaired) electrons. The van der Waals surface area contributed by atoms with Crippen molar-refractivity contribution in [3.05, 3.63) is 149 Å². The lowest BCUT2D eigenvalue weighted by Crippen LogP contribution is -2.39. The van der Waals surface area contributed by atoms with Crippen molar-refractivity contribution in [1.82, 2.24) is 9.13 Å². The molecule has 7 rings (SSSR count). The Kier molecular flexibility index (Phi) is 8.96. The largest absolute Gasteiger partial charge is 0.492 e. The smallest absolute Gasteiger partial charge is 0.338 e. The zero-order valence-corrected chi connectivity index (χ0v) is 29.5. The summed E-state index contributed by atoms with van der Waals surface area (Å²) in [5, 5.41) is 2.99. The van der Waals surface area contributed by atoms with E-state index in [1.165, 1.54) is 28.2 Å². The first kappa shape index (κ1) is 32.6. The van der Waals surface area contributed by atoms with Crippen LogP contribution in [0.3, 0.4) is 0 Å². The van der Waals surface area contributed by atoms with Crippen LogP contribution in [0.15, 0.2) is 118 Å². The van der Waals surface area contributed by atoms with Crippen LogP contribution in [0, 0.1) is 0 Å². The molecule has 0 N–H and O–H groups in total. The molecule has 49 heavy (non-hydrogen) atoms. The molecule has 0 saturated heterocycles. The zero-order valence-electron chi connectivity index (χ0n) is 27.9. The lowest BCUT2D eigenvalue weighted by atomic mass is 9.87. The van der Waals surface area contributed by atoms with E-state index in [1.54, 1.807) is 11.5 Å². The van der Waals surface area contributed by atoms with Crippen molar-refractivity contribution in [2.45, 2.75) is 45.7 Å². The summed E-state index contributed by atoms with van der Waals surface area (Å²) in [7, 11) is 0. The van der Waals surface area contributed by atoms with Gasteiger partial charge in [-0.15, -0.1) is 11.3 Å². The van der Waals surface area contributed by atoms with Gasteiger partial charge in [-0.05, 0) is 53.6 Å². The second-order valence-corrected chi connectivity index (χ2v) is 14.9. The first-order valence-corrected chi connectivity index (χ1v) is 18.1. The van der Waals surface area contributed by atoms with Crippen LogP contribution in [-0.4, -0.2) is 28.3 Å². The Balaban J connectivity index is 1.28. The third kappa shape index (κ3) is 6.44. The van der Waals surface area contributed by atoms with Crippen molar-refractivity contribution in [2.75, 3.05) is 13.2 Å². The maximum absolute atomic E-state index is 14.3. The first-order valence-electron chi connectivity index (χ1n) is 16.4. The number of carbonyl (C=O) groups is 1. The number of thiophene rings is 1. The molecule has 0 spiro atoms. The van der Waals surface area contributed by atoms with E-state index in [2.05, 4.69) is 55.8 Å². The number of nitrogens with zero attached hydrogens (tertiary/aromatic N) is 3. The number of fused-ring (bicyclic) bond motifs is 2. The average Bonchev–Trinajstić information content (AvgIpc) is 3.83. The van der Waals surface area contributed by atoms with Gasteiger partial charge in [0, 0.05) is 33.1 Å². The predicted octanol–water partition coefficient (Wildman–Crippen LogP) is 7.33. The number of hydrogen-bond acceptors (Lipinski definition) is 7. The molecule has 9 heteroatoms. The van der Waals surface area contributed by atoms with Gasteiger partial charge in [0.2, 0.25) is 0 Å². The number of benzene rings is 3. The number of carbonyl (C=O) groups excluding carboxylic acids is 1. The minimum absolute atomic E-state index is 0.0859. The molecule has 4 heterocycles. The lowest BCUT2D eigenvalue weighted by Gasteiger charge is -2.24. The predicted molar refractivity (Wildman–Crippen MR) is 198 cm³/mol. The summed E-state index contributed by atoms with van der Waals surface area (Å²) in [6.45, 7) is 9.72. The highest BCUT2D eigenvalue weighted by Gasteiger charge is 2.35. The normalized spacial score (nSPS) is 14.9. The van der Waals surface area contributed by atoms with Crippen LogP contribution >= 0.6 is 22.7 Å². The molecule has 7 nitrogen and oxygen atoms in total. The summed E-state index contributed by atoms with van der Waals surface area (Å²) in [5.41, 5.74) is 4.81. The van der Waals surface area contributed by atoms with E-state index < -0.39 is 12.0 Å². The Labute approximate surface area is 292 Å². The van der Waals surface area contributed by atoms with Crippen LogP contribution < -0.4 is 19.6 Å². The van der Waals surface area contributed by atoms with Crippen molar-refractivity contribution in [2.24, 2.45) is 4.99 Å². The highest BCUT2D eigenvalue weighted by Crippen LogP contribution is 2.37. The Morgan fingerprint density at radius 1 is 0.959 bits per heavy atom. The van der Waals surface area contributed by atoms with Crippen molar-refractivity contribution >= 4 is 51.3 Å². The van der Waals surface area contributed by atoms with Gasteiger partial charge in [-0.1, -0.05) is 98.8 Å². The van der Waals surface area contributed by atoms with Crippen molar-refractivity contribution in [3.63, 3.8) is 0 Å². The van der Waals surface area contributed by atoms with Gasteiger partial charge in [0.1, 0.15) is 18.4 Å². The number of aromatic nitrogens is 2. The molecule has 1 atom stereocenters. The van der Waals surface area contributed by atoms with Crippen molar-refractivity contribution in [1.29, 1.82) is 0 Å². The molecule has 0 bridgehead atoms. The minimum atomic E-state index is -0.663. The standard InChI is InChI=1S/C40H37N3O4S2/c1-5-46-38(45)34-35(26-12-7-6-8-13-26)41-39-43(36(34)32-16-11-23-48-32)37(44)33(49-39)24-27-25-42(31-15-10-9-14-30(27)31)21-22-47-29-19-17-28(18-20-29)40(2,3)4/h6-20,23-25,36H,5,21-22H2,1-4H3/b33-24-/t36-/m0/s1. The molecular weight excluding hydrogens is 651 g/mol. The molecule has 6 aromatic rings. The van der Waals surface area contributed by atoms with Gasteiger partial charge in [-0.2, -0.15) is 0 Å². The van der Waals surface area contributed by atoms with E-state index in [-0.39, 0.29) is 17.6 Å². The first-order chi connectivity index (χ1) is 23.7. The van der Waals surface area contributed by atoms with Gasteiger partial charge in [0.25, 0.3) is 5.56 Å². The molecule has 1 aliphatic rings. The minimum Gasteiger partial charge on any atom is -0.492 e. The molecule has 0 saturated carbocycles.